The third-order valence-corrected chi connectivity index (χ3v) is 3.94. The van der Waals surface area contributed by atoms with Gasteiger partial charge in [-0.25, -0.2) is 9.37 Å². The van der Waals surface area contributed by atoms with Gasteiger partial charge in [-0.1, -0.05) is 30.3 Å². The van der Waals surface area contributed by atoms with Gasteiger partial charge in [0, 0.05) is 30.5 Å². The summed E-state index contributed by atoms with van der Waals surface area (Å²) in [5.41, 5.74) is 2.87. The number of benzene rings is 2. The lowest BCUT2D eigenvalue weighted by molar-refractivity contribution is 0.612. The first-order chi connectivity index (χ1) is 12.2. The van der Waals surface area contributed by atoms with Gasteiger partial charge < -0.3 is 10.2 Å². The number of nitrogens with zero attached hydrogens (tertiary/aromatic N) is 3. The molecule has 0 amide bonds. The molecule has 3 aromatic rings. The molecule has 128 valence electrons. The molecule has 2 aromatic carbocycles. The summed E-state index contributed by atoms with van der Waals surface area (Å²) >= 11 is 0. The Hall–Kier alpha value is -2.95. The lowest BCUT2D eigenvalue weighted by atomic mass is 10.2. The van der Waals surface area contributed by atoms with Gasteiger partial charge in [0.05, 0.1) is 0 Å². The molecule has 1 N–H and O–H groups in total. The number of aromatic nitrogens is 2. The second-order valence-corrected chi connectivity index (χ2v) is 5.77. The fraction of sp³-hybridized carbons (Fsp3) is 0.200. The van der Waals surface area contributed by atoms with E-state index in [1.165, 1.54) is 11.6 Å². The van der Waals surface area contributed by atoms with E-state index in [1.54, 1.807) is 18.3 Å². The molecule has 0 saturated carbocycles. The van der Waals surface area contributed by atoms with E-state index in [4.69, 9.17) is 0 Å². The van der Waals surface area contributed by atoms with Crippen LogP contribution in [0.15, 0.2) is 60.8 Å². The van der Waals surface area contributed by atoms with Crippen molar-refractivity contribution in [2.75, 3.05) is 16.8 Å². The van der Waals surface area contributed by atoms with Crippen LogP contribution in [0, 0.1) is 12.7 Å². The van der Waals surface area contributed by atoms with Crippen molar-refractivity contribution in [1.82, 2.24) is 9.97 Å². The SMILES string of the molecule is CCN(c1cccc(C)c1)c1ccnc(NCc2ccccc2F)n1. The average molecular weight is 336 g/mol. The first kappa shape index (κ1) is 16.9. The Morgan fingerprint density at radius 3 is 2.68 bits per heavy atom. The predicted molar refractivity (Wildman–Crippen MR) is 99.6 cm³/mol. The highest BCUT2D eigenvalue weighted by Crippen LogP contribution is 2.24. The van der Waals surface area contributed by atoms with Crippen molar-refractivity contribution in [3.05, 3.63) is 77.7 Å². The van der Waals surface area contributed by atoms with Crippen molar-refractivity contribution < 1.29 is 4.39 Å². The highest BCUT2D eigenvalue weighted by molar-refractivity contribution is 5.61. The molecule has 0 fully saturated rings. The smallest absolute Gasteiger partial charge is 0.224 e. The zero-order valence-corrected chi connectivity index (χ0v) is 14.4. The Morgan fingerprint density at radius 1 is 1.08 bits per heavy atom. The van der Waals surface area contributed by atoms with Crippen LogP contribution in [0.2, 0.25) is 0 Å². The van der Waals surface area contributed by atoms with E-state index in [0.29, 0.717) is 18.1 Å². The van der Waals surface area contributed by atoms with Gasteiger partial charge in [0.2, 0.25) is 5.95 Å². The van der Waals surface area contributed by atoms with E-state index in [2.05, 4.69) is 52.2 Å². The molecular formula is C20H21FN4. The van der Waals surface area contributed by atoms with E-state index >= 15 is 0 Å². The maximum absolute atomic E-state index is 13.7. The molecule has 0 radical (unpaired) electrons. The highest BCUT2D eigenvalue weighted by atomic mass is 19.1. The fourth-order valence-corrected chi connectivity index (χ4v) is 2.67. The number of nitrogens with one attached hydrogen (secondary N) is 1. The van der Waals surface area contributed by atoms with Crippen LogP contribution in [0.1, 0.15) is 18.1 Å². The number of anilines is 3. The molecule has 1 aromatic heterocycles. The summed E-state index contributed by atoms with van der Waals surface area (Å²) in [6.07, 6.45) is 1.71. The lowest BCUT2D eigenvalue weighted by Gasteiger charge is -2.22. The summed E-state index contributed by atoms with van der Waals surface area (Å²) in [4.78, 5) is 10.9. The number of aryl methyl sites for hydroxylation is 1. The lowest BCUT2D eigenvalue weighted by Crippen LogP contribution is -2.18. The van der Waals surface area contributed by atoms with Gasteiger partial charge >= 0.3 is 0 Å². The third kappa shape index (κ3) is 4.12. The van der Waals surface area contributed by atoms with Gasteiger partial charge in [-0.2, -0.15) is 4.98 Å². The molecule has 0 aliphatic rings. The van der Waals surface area contributed by atoms with Crippen LogP contribution >= 0.6 is 0 Å². The summed E-state index contributed by atoms with van der Waals surface area (Å²) in [7, 11) is 0. The van der Waals surface area contributed by atoms with Crippen LogP contribution in [0.3, 0.4) is 0 Å². The molecular weight excluding hydrogens is 315 g/mol. The number of hydrogen-bond acceptors (Lipinski definition) is 4. The molecule has 0 bridgehead atoms. The third-order valence-electron chi connectivity index (χ3n) is 3.94. The maximum atomic E-state index is 13.7. The second-order valence-electron chi connectivity index (χ2n) is 5.77. The van der Waals surface area contributed by atoms with Crippen LogP contribution in [0.25, 0.3) is 0 Å². The summed E-state index contributed by atoms with van der Waals surface area (Å²) in [6, 6.07) is 16.8. The van der Waals surface area contributed by atoms with Crippen molar-refractivity contribution in [3.63, 3.8) is 0 Å². The molecule has 0 aliphatic carbocycles. The molecule has 0 saturated heterocycles. The van der Waals surface area contributed by atoms with Crippen LogP contribution in [-0.4, -0.2) is 16.5 Å². The quantitative estimate of drug-likeness (QED) is 0.709. The highest BCUT2D eigenvalue weighted by Gasteiger charge is 2.10. The topological polar surface area (TPSA) is 41.1 Å². The van der Waals surface area contributed by atoms with Crippen LogP contribution in [-0.2, 0) is 6.54 Å². The van der Waals surface area contributed by atoms with Crippen molar-refractivity contribution in [2.24, 2.45) is 0 Å². The van der Waals surface area contributed by atoms with Crippen molar-refractivity contribution in [1.29, 1.82) is 0 Å². The monoisotopic (exact) mass is 336 g/mol. The van der Waals surface area contributed by atoms with Crippen molar-refractivity contribution in [3.8, 4) is 0 Å². The summed E-state index contributed by atoms with van der Waals surface area (Å²) in [5.74, 6) is 1.05. The molecule has 5 heteroatoms. The van der Waals surface area contributed by atoms with Gasteiger partial charge in [-0.15, -0.1) is 0 Å². The minimum absolute atomic E-state index is 0.235. The summed E-state index contributed by atoms with van der Waals surface area (Å²) in [6.45, 7) is 5.27. The van der Waals surface area contributed by atoms with Crippen LogP contribution < -0.4 is 10.2 Å². The Labute approximate surface area is 147 Å². The Morgan fingerprint density at radius 2 is 1.92 bits per heavy atom. The fourth-order valence-electron chi connectivity index (χ4n) is 2.67. The Kier molecular flexibility index (Phi) is 5.23. The standard InChI is InChI=1S/C20H21FN4/c1-3-25(17-9-6-7-15(2)13-17)19-11-12-22-20(24-19)23-14-16-8-4-5-10-18(16)21/h4-13H,3,14H2,1-2H3,(H,22,23,24). The predicted octanol–water partition coefficient (Wildman–Crippen LogP) is 4.69. The molecule has 0 atom stereocenters. The Balaban J connectivity index is 1.79. The van der Waals surface area contributed by atoms with E-state index in [9.17, 15) is 4.39 Å². The van der Waals surface area contributed by atoms with E-state index in [0.717, 1.165) is 18.1 Å². The van der Waals surface area contributed by atoms with E-state index < -0.39 is 0 Å². The molecule has 0 aliphatic heterocycles. The van der Waals surface area contributed by atoms with Crippen LogP contribution in [0.5, 0.6) is 0 Å². The summed E-state index contributed by atoms with van der Waals surface area (Å²) < 4.78 is 13.7. The normalized spacial score (nSPS) is 10.5. The van der Waals surface area contributed by atoms with Gasteiger partial charge in [0.25, 0.3) is 0 Å². The molecule has 3 rings (SSSR count). The van der Waals surface area contributed by atoms with E-state index in [-0.39, 0.29) is 5.82 Å². The largest absolute Gasteiger partial charge is 0.350 e. The minimum Gasteiger partial charge on any atom is -0.350 e. The Bertz CT molecular complexity index is 850. The van der Waals surface area contributed by atoms with Gasteiger partial charge in [0.15, 0.2) is 0 Å². The molecule has 0 spiro atoms. The number of rotatable bonds is 6. The summed E-state index contributed by atoms with van der Waals surface area (Å²) in [5, 5.41) is 3.10. The van der Waals surface area contributed by atoms with Crippen molar-refractivity contribution in [2.45, 2.75) is 20.4 Å². The zero-order valence-electron chi connectivity index (χ0n) is 14.4. The van der Waals surface area contributed by atoms with Gasteiger partial charge in [-0.05, 0) is 43.7 Å². The van der Waals surface area contributed by atoms with E-state index in [1.807, 2.05) is 18.2 Å². The molecule has 1 heterocycles. The number of halogens is 1. The van der Waals surface area contributed by atoms with Crippen molar-refractivity contribution >= 4 is 17.5 Å². The van der Waals surface area contributed by atoms with Gasteiger partial charge in [0.1, 0.15) is 11.6 Å². The zero-order chi connectivity index (χ0) is 17.6. The average Bonchev–Trinajstić information content (AvgIpc) is 2.62. The minimum atomic E-state index is -0.235. The second kappa shape index (κ2) is 7.75. The molecule has 0 unspecified atom stereocenters. The first-order valence-electron chi connectivity index (χ1n) is 8.32. The molecule has 4 nitrogen and oxygen atoms in total. The first-order valence-corrected chi connectivity index (χ1v) is 8.32. The number of hydrogen-bond donors (Lipinski definition) is 1. The van der Waals surface area contributed by atoms with Crippen LogP contribution in [0.4, 0.5) is 21.8 Å². The molecule has 25 heavy (non-hydrogen) atoms. The maximum Gasteiger partial charge on any atom is 0.224 e. The van der Waals surface area contributed by atoms with Gasteiger partial charge in [-0.3, -0.25) is 0 Å².